The lowest BCUT2D eigenvalue weighted by Gasteiger charge is -2.47. The minimum absolute atomic E-state index is 0.0100. The molecule has 0 aliphatic carbocycles. The van der Waals surface area contributed by atoms with Crippen molar-refractivity contribution in [1.29, 1.82) is 0 Å². The summed E-state index contributed by atoms with van der Waals surface area (Å²) in [6.07, 6.45) is 1.91. The Morgan fingerprint density at radius 3 is 2.50 bits per heavy atom. The fourth-order valence-corrected chi connectivity index (χ4v) is 3.56. The Hall–Kier alpha value is -1.36. The Bertz CT molecular complexity index is 480. The molecule has 1 fully saturated rings. The Kier molecular flexibility index (Phi) is 4.48. The van der Waals surface area contributed by atoms with E-state index < -0.39 is 5.54 Å². The van der Waals surface area contributed by atoms with Crippen molar-refractivity contribution in [3.8, 4) is 0 Å². The van der Waals surface area contributed by atoms with Crippen LogP contribution >= 0.6 is 11.3 Å². The molecule has 2 amide bonds. The van der Waals surface area contributed by atoms with Gasteiger partial charge in [-0.15, -0.1) is 0 Å². The highest BCUT2D eigenvalue weighted by Gasteiger charge is 2.49. The van der Waals surface area contributed by atoms with Crippen molar-refractivity contribution in [2.45, 2.75) is 58.2 Å². The normalized spacial score (nSPS) is 21.9. The maximum atomic E-state index is 12.7. The summed E-state index contributed by atoms with van der Waals surface area (Å²) in [5.74, 6) is 0.0335. The number of thiophene rings is 1. The Labute approximate surface area is 124 Å². The van der Waals surface area contributed by atoms with Crippen molar-refractivity contribution in [3.63, 3.8) is 0 Å². The van der Waals surface area contributed by atoms with Crippen LogP contribution in [0.25, 0.3) is 0 Å². The average molecular weight is 294 g/mol. The fourth-order valence-electron chi connectivity index (χ4n) is 2.90. The summed E-state index contributed by atoms with van der Waals surface area (Å²) in [4.78, 5) is 27.0. The van der Waals surface area contributed by atoms with E-state index in [9.17, 15) is 9.59 Å². The number of amides is 2. The van der Waals surface area contributed by atoms with Crippen LogP contribution in [0.4, 0.5) is 0 Å². The predicted molar refractivity (Wildman–Crippen MR) is 80.4 cm³/mol. The molecule has 1 aromatic heterocycles. The minimum atomic E-state index is -0.704. The molecule has 4 nitrogen and oxygen atoms in total. The van der Waals surface area contributed by atoms with E-state index in [1.807, 2.05) is 37.6 Å². The van der Waals surface area contributed by atoms with E-state index in [4.69, 9.17) is 0 Å². The van der Waals surface area contributed by atoms with Crippen LogP contribution in [0, 0.1) is 0 Å². The third-order valence-electron chi connectivity index (χ3n) is 4.31. The van der Waals surface area contributed by atoms with Crippen LogP contribution in [0.2, 0.25) is 0 Å². The molecule has 2 rings (SSSR count). The van der Waals surface area contributed by atoms with Gasteiger partial charge in [0.15, 0.2) is 0 Å². The van der Waals surface area contributed by atoms with Crippen molar-refractivity contribution < 1.29 is 9.59 Å². The Balaban J connectivity index is 2.37. The number of nitrogens with one attached hydrogen (secondary N) is 1. The molecule has 0 aromatic carbocycles. The first kappa shape index (κ1) is 15.0. The van der Waals surface area contributed by atoms with Crippen molar-refractivity contribution in [2.75, 3.05) is 0 Å². The van der Waals surface area contributed by atoms with Gasteiger partial charge in [-0.2, -0.15) is 11.3 Å². The first-order valence-corrected chi connectivity index (χ1v) is 8.16. The van der Waals surface area contributed by atoms with Crippen LogP contribution in [0.5, 0.6) is 0 Å². The van der Waals surface area contributed by atoms with Crippen molar-refractivity contribution in [1.82, 2.24) is 10.2 Å². The SMILES string of the molecule is CCC1NC(=O)C(CC)(CC)N(Cc2ccsc2)C1=O. The molecule has 5 heteroatoms. The van der Waals surface area contributed by atoms with Crippen molar-refractivity contribution in [2.24, 2.45) is 0 Å². The van der Waals surface area contributed by atoms with Crippen molar-refractivity contribution >= 4 is 23.2 Å². The molecule has 2 heterocycles. The summed E-state index contributed by atoms with van der Waals surface area (Å²) in [6, 6.07) is 1.63. The highest BCUT2D eigenvalue weighted by atomic mass is 32.1. The van der Waals surface area contributed by atoms with Gasteiger partial charge >= 0.3 is 0 Å². The molecule has 0 bridgehead atoms. The van der Waals surface area contributed by atoms with Crippen LogP contribution in [-0.2, 0) is 16.1 Å². The van der Waals surface area contributed by atoms with Crippen LogP contribution in [0.1, 0.15) is 45.6 Å². The van der Waals surface area contributed by atoms with Gasteiger partial charge in [0.05, 0.1) is 0 Å². The number of hydrogen-bond donors (Lipinski definition) is 1. The highest BCUT2D eigenvalue weighted by molar-refractivity contribution is 7.07. The molecular formula is C15H22N2O2S. The number of carbonyl (C=O) groups is 2. The summed E-state index contributed by atoms with van der Waals surface area (Å²) >= 11 is 1.61. The van der Waals surface area contributed by atoms with Gasteiger partial charge in [0.1, 0.15) is 11.6 Å². The number of nitrogens with zero attached hydrogens (tertiary/aromatic N) is 1. The molecule has 1 aliphatic rings. The lowest BCUT2D eigenvalue weighted by atomic mass is 9.85. The van der Waals surface area contributed by atoms with Crippen LogP contribution in [-0.4, -0.2) is 28.3 Å². The third-order valence-corrected chi connectivity index (χ3v) is 5.04. The molecule has 1 unspecified atom stereocenters. The van der Waals surface area contributed by atoms with Gasteiger partial charge in [0.25, 0.3) is 0 Å². The Morgan fingerprint density at radius 2 is 2.00 bits per heavy atom. The summed E-state index contributed by atoms with van der Waals surface area (Å²) in [7, 11) is 0. The second kappa shape index (κ2) is 5.95. The van der Waals surface area contributed by atoms with E-state index in [2.05, 4.69) is 5.32 Å². The van der Waals surface area contributed by atoms with Gasteiger partial charge < -0.3 is 10.2 Å². The number of piperazine rings is 1. The predicted octanol–water partition coefficient (Wildman–Crippen LogP) is 2.54. The fraction of sp³-hybridized carbons (Fsp3) is 0.600. The number of carbonyl (C=O) groups excluding carboxylic acids is 2. The zero-order chi connectivity index (χ0) is 14.8. The molecule has 1 aromatic rings. The van der Waals surface area contributed by atoms with E-state index in [0.29, 0.717) is 25.8 Å². The second-order valence-electron chi connectivity index (χ2n) is 5.23. The van der Waals surface area contributed by atoms with E-state index in [1.165, 1.54) is 0 Å². The van der Waals surface area contributed by atoms with E-state index in [1.54, 1.807) is 16.2 Å². The molecule has 110 valence electrons. The van der Waals surface area contributed by atoms with Gasteiger partial charge in [-0.3, -0.25) is 9.59 Å². The molecule has 20 heavy (non-hydrogen) atoms. The van der Waals surface area contributed by atoms with Crippen LogP contribution in [0.15, 0.2) is 16.8 Å². The van der Waals surface area contributed by atoms with Gasteiger partial charge in [-0.1, -0.05) is 20.8 Å². The van der Waals surface area contributed by atoms with E-state index in [-0.39, 0.29) is 17.9 Å². The summed E-state index contributed by atoms with van der Waals surface area (Å²) < 4.78 is 0. The quantitative estimate of drug-likeness (QED) is 0.907. The van der Waals surface area contributed by atoms with E-state index in [0.717, 1.165) is 5.56 Å². The topological polar surface area (TPSA) is 49.4 Å². The Morgan fingerprint density at radius 1 is 1.30 bits per heavy atom. The summed E-state index contributed by atoms with van der Waals surface area (Å²) in [5.41, 5.74) is 0.393. The second-order valence-corrected chi connectivity index (χ2v) is 6.01. The number of hydrogen-bond acceptors (Lipinski definition) is 3. The molecule has 0 radical (unpaired) electrons. The molecule has 0 saturated carbocycles. The van der Waals surface area contributed by atoms with Gasteiger partial charge in [-0.05, 0) is 41.7 Å². The zero-order valence-corrected chi connectivity index (χ0v) is 13.1. The minimum Gasteiger partial charge on any atom is -0.342 e. The van der Waals surface area contributed by atoms with Gasteiger partial charge in [0, 0.05) is 6.54 Å². The van der Waals surface area contributed by atoms with Crippen molar-refractivity contribution in [3.05, 3.63) is 22.4 Å². The highest BCUT2D eigenvalue weighted by Crippen LogP contribution is 2.31. The zero-order valence-electron chi connectivity index (χ0n) is 12.3. The maximum Gasteiger partial charge on any atom is 0.246 e. The monoisotopic (exact) mass is 294 g/mol. The molecule has 1 N–H and O–H groups in total. The molecular weight excluding hydrogens is 272 g/mol. The standard InChI is InChI=1S/C15H22N2O2S/c1-4-12-13(18)17(9-11-7-8-20-10-11)15(5-2,6-3)14(19)16-12/h7-8,10,12H,4-6,9H2,1-3H3,(H,16,19). The van der Waals surface area contributed by atoms with Crippen LogP contribution < -0.4 is 5.32 Å². The lowest BCUT2D eigenvalue weighted by Crippen LogP contribution is -2.69. The molecule has 1 aliphatic heterocycles. The molecule has 1 atom stereocenters. The first-order valence-electron chi connectivity index (χ1n) is 7.22. The summed E-state index contributed by atoms with van der Waals surface area (Å²) in [6.45, 7) is 6.40. The summed E-state index contributed by atoms with van der Waals surface area (Å²) in [5, 5.41) is 6.93. The maximum absolute atomic E-state index is 12.7. The largest absolute Gasteiger partial charge is 0.342 e. The average Bonchev–Trinajstić information content (AvgIpc) is 2.96. The number of rotatable bonds is 5. The molecule has 1 saturated heterocycles. The lowest BCUT2D eigenvalue weighted by molar-refractivity contribution is -0.159. The van der Waals surface area contributed by atoms with Gasteiger partial charge in [-0.25, -0.2) is 0 Å². The third kappa shape index (κ3) is 2.35. The molecule has 0 spiro atoms. The first-order chi connectivity index (χ1) is 9.58. The smallest absolute Gasteiger partial charge is 0.246 e. The van der Waals surface area contributed by atoms with Crippen LogP contribution in [0.3, 0.4) is 0 Å². The van der Waals surface area contributed by atoms with Gasteiger partial charge in [0.2, 0.25) is 11.8 Å². The van der Waals surface area contributed by atoms with E-state index >= 15 is 0 Å².